The van der Waals surface area contributed by atoms with Crippen LogP contribution in [0.25, 0.3) is 0 Å². The van der Waals surface area contributed by atoms with E-state index in [0.717, 1.165) is 11.3 Å². The van der Waals surface area contributed by atoms with Crippen LogP contribution in [-0.2, 0) is 4.74 Å². The molecular weight excluding hydrogens is 252 g/mol. The van der Waals surface area contributed by atoms with Crippen molar-refractivity contribution >= 4 is 11.8 Å². The maximum atomic E-state index is 11.9. The van der Waals surface area contributed by atoms with E-state index in [4.69, 9.17) is 10.5 Å². The average Bonchev–Trinajstić information content (AvgIpc) is 2.76. The molecule has 0 saturated heterocycles. The van der Waals surface area contributed by atoms with Gasteiger partial charge in [0.15, 0.2) is 0 Å². The zero-order valence-corrected chi connectivity index (χ0v) is 12.9. The molecule has 0 aliphatic heterocycles. The molecule has 1 amide bonds. The Balaban J connectivity index is 2.16. The third-order valence-corrected chi connectivity index (χ3v) is 3.84. The lowest BCUT2D eigenvalue weighted by Gasteiger charge is -2.20. The zero-order valence-electron chi connectivity index (χ0n) is 12.9. The number of carbonyl (C=O) groups excluding carboxylic acids is 1. The second-order valence-electron chi connectivity index (χ2n) is 7.04. The maximum absolute atomic E-state index is 11.9. The number of carbonyl (C=O) groups is 1. The summed E-state index contributed by atoms with van der Waals surface area (Å²) in [4.78, 5) is 11.9. The number of para-hydroxylation sites is 1. The molecule has 0 heterocycles. The molecule has 1 aliphatic rings. The summed E-state index contributed by atoms with van der Waals surface area (Å²) in [5, 5.41) is 2.83. The van der Waals surface area contributed by atoms with Crippen molar-refractivity contribution in [2.24, 2.45) is 11.1 Å². The lowest BCUT2D eigenvalue weighted by Crippen LogP contribution is -2.27. The van der Waals surface area contributed by atoms with Gasteiger partial charge in [0, 0.05) is 17.6 Å². The van der Waals surface area contributed by atoms with E-state index in [2.05, 4.69) is 19.2 Å². The summed E-state index contributed by atoms with van der Waals surface area (Å²) < 4.78 is 5.29. The Hall–Kier alpha value is -1.55. The van der Waals surface area contributed by atoms with Gasteiger partial charge in [-0.2, -0.15) is 0 Å². The molecule has 0 spiro atoms. The Labute approximate surface area is 120 Å². The number of anilines is 1. The Morgan fingerprint density at radius 2 is 1.85 bits per heavy atom. The fourth-order valence-electron chi connectivity index (χ4n) is 2.57. The van der Waals surface area contributed by atoms with E-state index in [0.29, 0.717) is 0 Å². The molecule has 0 bridgehead atoms. The van der Waals surface area contributed by atoms with E-state index in [9.17, 15) is 4.79 Å². The van der Waals surface area contributed by atoms with Crippen LogP contribution in [-0.4, -0.2) is 17.7 Å². The van der Waals surface area contributed by atoms with Gasteiger partial charge in [-0.05, 0) is 37.8 Å². The van der Waals surface area contributed by atoms with E-state index in [1.807, 2.05) is 45.0 Å². The third kappa shape index (κ3) is 2.96. The molecule has 110 valence electrons. The first-order valence-corrected chi connectivity index (χ1v) is 6.97. The largest absolute Gasteiger partial charge is 0.444 e. The van der Waals surface area contributed by atoms with Crippen LogP contribution in [0.1, 0.15) is 46.1 Å². The van der Waals surface area contributed by atoms with E-state index < -0.39 is 11.7 Å². The van der Waals surface area contributed by atoms with Crippen LogP contribution < -0.4 is 11.1 Å². The van der Waals surface area contributed by atoms with Gasteiger partial charge in [0.1, 0.15) is 5.60 Å². The van der Waals surface area contributed by atoms with Crippen LogP contribution >= 0.6 is 0 Å². The van der Waals surface area contributed by atoms with Crippen molar-refractivity contribution in [3.05, 3.63) is 29.8 Å². The smallest absolute Gasteiger partial charge is 0.412 e. The lowest BCUT2D eigenvalue weighted by molar-refractivity contribution is 0.0635. The monoisotopic (exact) mass is 276 g/mol. The van der Waals surface area contributed by atoms with Crippen molar-refractivity contribution in [1.82, 2.24) is 0 Å². The predicted molar refractivity (Wildman–Crippen MR) is 80.8 cm³/mol. The normalized spacial score (nSPS) is 24.1. The minimum absolute atomic E-state index is 0.0751. The van der Waals surface area contributed by atoms with Crippen molar-refractivity contribution in [2.75, 3.05) is 5.32 Å². The minimum Gasteiger partial charge on any atom is -0.444 e. The van der Waals surface area contributed by atoms with Gasteiger partial charge in [0.2, 0.25) is 0 Å². The quantitative estimate of drug-likeness (QED) is 0.869. The second-order valence-corrected chi connectivity index (χ2v) is 7.04. The Morgan fingerprint density at radius 1 is 1.30 bits per heavy atom. The minimum atomic E-state index is -0.506. The Morgan fingerprint density at radius 3 is 2.35 bits per heavy atom. The molecule has 0 radical (unpaired) electrons. The van der Waals surface area contributed by atoms with Crippen molar-refractivity contribution < 1.29 is 9.53 Å². The standard InChI is InChI=1S/C16H24N2O2/c1-15(2,3)20-14(19)18-11-9-7-6-8-10(11)12-13(17)16(12,4)5/h6-9,12-13H,17H2,1-5H3,(H,18,19)/t12-,13-/m0/s1. The van der Waals surface area contributed by atoms with Crippen LogP contribution in [0.2, 0.25) is 0 Å². The summed E-state index contributed by atoms with van der Waals surface area (Å²) >= 11 is 0. The van der Waals surface area contributed by atoms with Crippen molar-refractivity contribution in [3.8, 4) is 0 Å². The molecule has 0 aromatic heterocycles. The van der Waals surface area contributed by atoms with Crippen molar-refractivity contribution in [1.29, 1.82) is 0 Å². The molecule has 1 aliphatic carbocycles. The van der Waals surface area contributed by atoms with Gasteiger partial charge in [-0.15, -0.1) is 0 Å². The van der Waals surface area contributed by atoms with Crippen LogP contribution in [0.5, 0.6) is 0 Å². The number of hydrogen-bond acceptors (Lipinski definition) is 3. The highest BCUT2D eigenvalue weighted by Crippen LogP contribution is 2.58. The zero-order chi connectivity index (χ0) is 15.1. The van der Waals surface area contributed by atoms with Crippen molar-refractivity contribution in [2.45, 2.75) is 52.2 Å². The number of hydrogen-bond donors (Lipinski definition) is 2. The molecule has 2 atom stereocenters. The molecule has 1 fully saturated rings. The fraction of sp³-hybridized carbons (Fsp3) is 0.562. The number of ether oxygens (including phenoxy) is 1. The number of benzene rings is 1. The Kier molecular flexibility index (Phi) is 3.54. The summed E-state index contributed by atoms with van der Waals surface area (Å²) in [6.07, 6.45) is -0.433. The molecule has 3 N–H and O–H groups in total. The first kappa shape index (κ1) is 14.9. The number of nitrogens with one attached hydrogen (secondary N) is 1. The van der Waals surface area contributed by atoms with Gasteiger partial charge in [-0.3, -0.25) is 5.32 Å². The molecule has 1 aromatic carbocycles. The van der Waals surface area contributed by atoms with Crippen LogP contribution in [0.3, 0.4) is 0 Å². The first-order valence-electron chi connectivity index (χ1n) is 6.97. The molecule has 2 rings (SSSR count). The SMILES string of the molecule is CC(C)(C)OC(=O)Nc1ccccc1[C@H]1[C@H](N)C1(C)C. The molecule has 4 heteroatoms. The van der Waals surface area contributed by atoms with Gasteiger partial charge in [0.25, 0.3) is 0 Å². The highest BCUT2D eigenvalue weighted by atomic mass is 16.6. The van der Waals surface area contributed by atoms with Gasteiger partial charge >= 0.3 is 6.09 Å². The van der Waals surface area contributed by atoms with Crippen LogP contribution in [0, 0.1) is 5.41 Å². The number of rotatable bonds is 2. The van der Waals surface area contributed by atoms with E-state index >= 15 is 0 Å². The van der Waals surface area contributed by atoms with Crippen molar-refractivity contribution in [3.63, 3.8) is 0 Å². The lowest BCUT2D eigenvalue weighted by atomic mass is 10.0. The molecule has 20 heavy (non-hydrogen) atoms. The number of amides is 1. The predicted octanol–water partition coefficient (Wildman–Crippen LogP) is 3.48. The van der Waals surface area contributed by atoms with Gasteiger partial charge in [-0.1, -0.05) is 32.0 Å². The summed E-state index contributed by atoms with van der Waals surface area (Å²) in [6.45, 7) is 9.83. The third-order valence-electron chi connectivity index (χ3n) is 3.84. The van der Waals surface area contributed by atoms with Crippen LogP contribution in [0.15, 0.2) is 24.3 Å². The Bertz CT molecular complexity index is 517. The topological polar surface area (TPSA) is 64.3 Å². The van der Waals surface area contributed by atoms with E-state index in [1.54, 1.807) is 0 Å². The molecule has 1 aromatic rings. The first-order chi connectivity index (χ1) is 9.13. The highest BCUT2D eigenvalue weighted by molar-refractivity contribution is 5.86. The van der Waals surface area contributed by atoms with Gasteiger partial charge < -0.3 is 10.5 Å². The summed E-state index contributed by atoms with van der Waals surface area (Å²) in [5.41, 5.74) is 7.57. The second kappa shape index (κ2) is 4.77. The molecule has 0 unspecified atom stereocenters. The van der Waals surface area contributed by atoms with E-state index in [-0.39, 0.29) is 17.4 Å². The van der Waals surface area contributed by atoms with E-state index in [1.165, 1.54) is 0 Å². The maximum Gasteiger partial charge on any atom is 0.412 e. The van der Waals surface area contributed by atoms with Crippen LogP contribution in [0.4, 0.5) is 10.5 Å². The summed E-state index contributed by atoms with van der Waals surface area (Å²) in [5.74, 6) is 0.272. The average molecular weight is 276 g/mol. The fourth-order valence-corrected chi connectivity index (χ4v) is 2.57. The summed E-state index contributed by atoms with van der Waals surface area (Å²) in [7, 11) is 0. The molecule has 4 nitrogen and oxygen atoms in total. The highest BCUT2D eigenvalue weighted by Gasteiger charge is 2.56. The summed E-state index contributed by atoms with van der Waals surface area (Å²) in [6, 6.07) is 7.91. The van der Waals surface area contributed by atoms with Gasteiger partial charge in [0.05, 0.1) is 0 Å². The van der Waals surface area contributed by atoms with Gasteiger partial charge in [-0.25, -0.2) is 4.79 Å². The molecular formula is C16H24N2O2. The number of nitrogens with two attached hydrogens (primary N) is 1. The molecule has 1 saturated carbocycles.